The van der Waals surface area contributed by atoms with Gasteiger partial charge in [-0.25, -0.2) is 0 Å². The second-order valence-electron chi connectivity index (χ2n) is 6.88. The van der Waals surface area contributed by atoms with Crippen LogP contribution >= 0.6 is 0 Å². The van der Waals surface area contributed by atoms with Crippen LogP contribution in [0.4, 0.5) is 0 Å². The van der Waals surface area contributed by atoms with E-state index in [2.05, 4.69) is 13.8 Å². The SMILES string of the molecule is CCCCCCCCN(C)C(=O)C(CCOCCCCCC)C(=O)O. The van der Waals surface area contributed by atoms with Crippen LogP contribution in [0.3, 0.4) is 0 Å². The molecule has 1 N–H and O–H groups in total. The Morgan fingerprint density at radius 2 is 1.44 bits per heavy atom. The van der Waals surface area contributed by atoms with Crippen LogP contribution in [0.15, 0.2) is 0 Å². The molecule has 0 bridgehead atoms. The third-order valence-electron chi connectivity index (χ3n) is 4.51. The monoisotopic (exact) mass is 357 g/mol. The molecule has 0 fully saturated rings. The molecule has 0 saturated carbocycles. The molecule has 0 saturated heterocycles. The van der Waals surface area contributed by atoms with Crippen molar-refractivity contribution in [2.45, 2.75) is 84.5 Å². The second kappa shape index (κ2) is 16.4. The second-order valence-corrected chi connectivity index (χ2v) is 6.88. The molecule has 5 heteroatoms. The highest BCUT2D eigenvalue weighted by atomic mass is 16.5. The van der Waals surface area contributed by atoms with Crippen LogP contribution in [0, 0.1) is 5.92 Å². The summed E-state index contributed by atoms with van der Waals surface area (Å²) in [6.45, 7) is 5.96. The van der Waals surface area contributed by atoms with E-state index in [4.69, 9.17) is 4.74 Å². The lowest BCUT2D eigenvalue weighted by atomic mass is 10.0. The van der Waals surface area contributed by atoms with Crippen LogP contribution in [-0.4, -0.2) is 48.7 Å². The first-order chi connectivity index (χ1) is 12.0. The quantitative estimate of drug-likeness (QED) is 0.307. The molecular formula is C20H39NO4. The molecule has 0 aliphatic heterocycles. The van der Waals surface area contributed by atoms with Crippen LogP contribution in [-0.2, 0) is 14.3 Å². The van der Waals surface area contributed by atoms with Gasteiger partial charge in [-0.1, -0.05) is 65.2 Å². The van der Waals surface area contributed by atoms with Gasteiger partial charge in [0.15, 0.2) is 0 Å². The van der Waals surface area contributed by atoms with Gasteiger partial charge in [0.25, 0.3) is 0 Å². The van der Waals surface area contributed by atoms with Crippen molar-refractivity contribution in [1.29, 1.82) is 0 Å². The summed E-state index contributed by atoms with van der Waals surface area (Å²) in [4.78, 5) is 25.3. The molecule has 148 valence electrons. The number of aliphatic carboxylic acids is 1. The maximum absolute atomic E-state index is 12.3. The molecule has 0 radical (unpaired) electrons. The van der Waals surface area contributed by atoms with Crippen molar-refractivity contribution >= 4 is 11.9 Å². The van der Waals surface area contributed by atoms with Crippen molar-refractivity contribution in [3.05, 3.63) is 0 Å². The largest absolute Gasteiger partial charge is 0.481 e. The van der Waals surface area contributed by atoms with E-state index in [-0.39, 0.29) is 12.3 Å². The summed E-state index contributed by atoms with van der Waals surface area (Å²) < 4.78 is 5.49. The minimum Gasteiger partial charge on any atom is -0.481 e. The highest BCUT2D eigenvalue weighted by Crippen LogP contribution is 2.11. The van der Waals surface area contributed by atoms with Gasteiger partial charge in [-0.15, -0.1) is 0 Å². The number of rotatable bonds is 17. The summed E-state index contributed by atoms with van der Waals surface area (Å²) in [6, 6.07) is 0. The molecule has 1 atom stereocenters. The fourth-order valence-electron chi connectivity index (χ4n) is 2.79. The molecule has 0 aromatic rings. The Balaban J connectivity index is 3.98. The van der Waals surface area contributed by atoms with E-state index in [9.17, 15) is 14.7 Å². The van der Waals surface area contributed by atoms with Gasteiger partial charge in [-0.3, -0.25) is 9.59 Å². The van der Waals surface area contributed by atoms with Crippen molar-refractivity contribution in [2.24, 2.45) is 5.92 Å². The van der Waals surface area contributed by atoms with Crippen LogP contribution in [0.2, 0.25) is 0 Å². The summed E-state index contributed by atoms with van der Waals surface area (Å²) in [6.07, 6.45) is 11.7. The number of carboxylic acid groups (broad SMARTS) is 1. The standard InChI is InChI=1S/C20H39NO4/c1-4-6-8-10-11-12-15-21(3)19(22)18(20(23)24)14-17-25-16-13-9-7-5-2/h18H,4-17H2,1-3H3,(H,23,24). The summed E-state index contributed by atoms with van der Waals surface area (Å²) in [7, 11) is 1.70. The molecule has 0 aliphatic rings. The normalized spacial score (nSPS) is 12.1. The number of hydrogen-bond acceptors (Lipinski definition) is 3. The molecule has 0 aliphatic carbocycles. The number of carbonyl (C=O) groups excluding carboxylic acids is 1. The van der Waals surface area contributed by atoms with E-state index in [0.717, 1.165) is 25.7 Å². The fraction of sp³-hybridized carbons (Fsp3) is 0.900. The minimum atomic E-state index is -1.05. The van der Waals surface area contributed by atoms with Crippen LogP contribution in [0.25, 0.3) is 0 Å². The number of hydrogen-bond donors (Lipinski definition) is 1. The Hall–Kier alpha value is -1.10. The first kappa shape index (κ1) is 23.9. The molecule has 1 unspecified atom stereocenters. The molecule has 0 heterocycles. The predicted octanol–water partition coefficient (Wildman–Crippen LogP) is 4.49. The zero-order chi connectivity index (χ0) is 18.9. The Bertz CT molecular complexity index is 347. The first-order valence-electron chi connectivity index (χ1n) is 10.1. The summed E-state index contributed by atoms with van der Waals surface area (Å²) in [5.74, 6) is -2.33. The zero-order valence-corrected chi connectivity index (χ0v) is 16.6. The smallest absolute Gasteiger partial charge is 0.316 e. The lowest BCUT2D eigenvalue weighted by Gasteiger charge is -2.21. The van der Waals surface area contributed by atoms with Gasteiger partial charge in [-0.2, -0.15) is 0 Å². The number of unbranched alkanes of at least 4 members (excludes halogenated alkanes) is 8. The van der Waals surface area contributed by atoms with E-state index < -0.39 is 11.9 Å². The van der Waals surface area contributed by atoms with E-state index in [1.54, 1.807) is 11.9 Å². The molecule has 0 aromatic carbocycles. The topological polar surface area (TPSA) is 66.8 Å². The Labute approximate surface area is 154 Å². The minimum absolute atomic E-state index is 0.253. The van der Waals surface area contributed by atoms with Crippen LogP contribution in [0.1, 0.15) is 84.5 Å². The molecule has 0 spiro atoms. The predicted molar refractivity (Wildman–Crippen MR) is 102 cm³/mol. The maximum Gasteiger partial charge on any atom is 0.316 e. The molecule has 25 heavy (non-hydrogen) atoms. The van der Waals surface area contributed by atoms with E-state index in [0.29, 0.717) is 19.8 Å². The van der Waals surface area contributed by atoms with Crippen LogP contribution in [0.5, 0.6) is 0 Å². The van der Waals surface area contributed by atoms with Gasteiger partial charge >= 0.3 is 5.97 Å². The average molecular weight is 358 g/mol. The van der Waals surface area contributed by atoms with Gasteiger partial charge in [0.1, 0.15) is 5.92 Å². The van der Waals surface area contributed by atoms with Gasteiger partial charge in [0, 0.05) is 26.8 Å². The summed E-state index contributed by atoms with van der Waals surface area (Å²) in [5.41, 5.74) is 0. The lowest BCUT2D eigenvalue weighted by molar-refractivity contribution is -0.151. The van der Waals surface area contributed by atoms with Crippen molar-refractivity contribution in [1.82, 2.24) is 4.90 Å². The van der Waals surface area contributed by atoms with Gasteiger partial charge < -0.3 is 14.7 Å². The summed E-state index contributed by atoms with van der Waals surface area (Å²) >= 11 is 0. The third-order valence-corrected chi connectivity index (χ3v) is 4.51. The Kier molecular flexibility index (Phi) is 15.7. The van der Waals surface area contributed by atoms with Gasteiger partial charge in [0.05, 0.1) is 0 Å². The van der Waals surface area contributed by atoms with E-state index in [1.807, 2.05) is 0 Å². The Morgan fingerprint density at radius 1 is 0.880 bits per heavy atom. The molecule has 5 nitrogen and oxygen atoms in total. The zero-order valence-electron chi connectivity index (χ0n) is 16.6. The Morgan fingerprint density at radius 3 is 2.04 bits per heavy atom. The lowest BCUT2D eigenvalue weighted by Crippen LogP contribution is -2.38. The van der Waals surface area contributed by atoms with Gasteiger partial charge in [-0.05, 0) is 19.3 Å². The molecular weight excluding hydrogens is 318 g/mol. The maximum atomic E-state index is 12.3. The molecule has 1 amide bonds. The highest BCUT2D eigenvalue weighted by Gasteiger charge is 2.28. The third kappa shape index (κ3) is 12.9. The number of ether oxygens (including phenoxy) is 1. The van der Waals surface area contributed by atoms with E-state index >= 15 is 0 Å². The number of carbonyl (C=O) groups is 2. The molecule has 0 aromatic heterocycles. The van der Waals surface area contributed by atoms with Crippen LogP contribution < -0.4 is 0 Å². The van der Waals surface area contributed by atoms with Crippen molar-refractivity contribution in [3.8, 4) is 0 Å². The highest BCUT2D eigenvalue weighted by molar-refractivity contribution is 5.96. The average Bonchev–Trinajstić information content (AvgIpc) is 2.59. The van der Waals surface area contributed by atoms with Gasteiger partial charge in [0.2, 0.25) is 5.91 Å². The van der Waals surface area contributed by atoms with E-state index in [1.165, 1.54) is 38.5 Å². The van der Waals surface area contributed by atoms with Crippen molar-refractivity contribution in [3.63, 3.8) is 0 Å². The van der Waals surface area contributed by atoms with Crippen molar-refractivity contribution < 1.29 is 19.4 Å². The number of nitrogens with zero attached hydrogens (tertiary/aromatic N) is 1. The number of carboxylic acids is 1. The summed E-state index contributed by atoms with van der Waals surface area (Å²) in [5, 5.41) is 9.33. The first-order valence-corrected chi connectivity index (χ1v) is 10.1. The number of amides is 1. The molecule has 0 rings (SSSR count). The van der Waals surface area contributed by atoms with Crippen molar-refractivity contribution in [2.75, 3.05) is 26.8 Å². The fourth-order valence-corrected chi connectivity index (χ4v) is 2.79.